The van der Waals surface area contributed by atoms with Crippen molar-refractivity contribution >= 4 is 23.9 Å². The van der Waals surface area contributed by atoms with Gasteiger partial charge in [-0.25, -0.2) is 19.2 Å². The molecule has 0 unspecified atom stereocenters. The first-order valence-corrected chi connectivity index (χ1v) is 11.7. The highest BCUT2D eigenvalue weighted by Crippen LogP contribution is 1.94. The third kappa shape index (κ3) is 38.4. The number of carbonyl (C=O) groups is 4. The van der Waals surface area contributed by atoms with Crippen LogP contribution in [0.3, 0.4) is 0 Å². The molecule has 8 nitrogen and oxygen atoms in total. The molecular formula is C27H46O8. The Labute approximate surface area is 212 Å². The molecule has 0 bridgehead atoms. The molecule has 0 rings (SSSR count). The van der Waals surface area contributed by atoms with Gasteiger partial charge in [0.2, 0.25) is 0 Å². The Kier molecular flexibility index (Phi) is 34.4. The van der Waals surface area contributed by atoms with Gasteiger partial charge in [-0.15, -0.1) is 0 Å². The molecule has 0 amide bonds. The summed E-state index contributed by atoms with van der Waals surface area (Å²) in [6.07, 6.45) is 7.28. The highest BCUT2D eigenvalue weighted by Gasteiger charge is 1.99. The summed E-state index contributed by atoms with van der Waals surface area (Å²) in [7, 11) is 0. The van der Waals surface area contributed by atoms with Gasteiger partial charge in [-0.05, 0) is 40.0 Å². The number of hydrogen-bond acceptors (Lipinski definition) is 8. The number of hydrogen-bond donors (Lipinski definition) is 0. The molecule has 0 fully saturated rings. The van der Waals surface area contributed by atoms with E-state index in [2.05, 4.69) is 42.7 Å². The fourth-order valence-electron chi connectivity index (χ4n) is 1.42. The maximum atomic E-state index is 10.6. The number of esters is 4. The Hall–Kier alpha value is -3.16. The van der Waals surface area contributed by atoms with Crippen molar-refractivity contribution in [1.29, 1.82) is 0 Å². The molecule has 0 radical (unpaired) electrons. The zero-order chi connectivity index (χ0) is 28.1. The molecule has 0 aliphatic carbocycles. The summed E-state index contributed by atoms with van der Waals surface area (Å²) >= 11 is 0. The van der Waals surface area contributed by atoms with E-state index in [1.165, 1.54) is 6.08 Å². The Morgan fingerprint density at radius 3 is 1.31 bits per heavy atom. The zero-order valence-electron chi connectivity index (χ0n) is 22.6. The topological polar surface area (TPSA) is 105 Å². The Bertz CT molecular complexity index is 633. The Morgan fingerprint density at radius 2 is 1.00 bits per heavy atom. The van der Waals surface area contributed by atoms with Gasteiger partial charge in [0.15, 0.2) is 0 Å². The summed E-state index contributed by atoms with van der Waals surface area (Å²) in [4.78, 5) is 41.7. The first kappa shape index (κ1) is 39.1. The average Bonchev–Trinajstić information content (AvgIpc) is 2.84. The first-order valence-electron chi connectivity index (χ1n) is 11.7. The molecule has 0 N–H and O–H groups in total. The van der Waals surface area contributed by atoms with E-state index < -0.39 is 0 Å². The molecule has 8 heteroatoms. The van der Waals surface area contributed by atoms with Crippen molar-refractivity contribution in [2.75, 3.05) is 26.4 Å². The minimum atomic E-state index is -0.341. The average molecular weight is 499 g/mol. The normalized spacial score (nSPS) is 8.51. The van der Waals surface area contributed by atoms with E-state index in [0.29, 0.717) is 37.6 Å². The van der Waals surface area contributed by atoms with Crippen LogP contribution in [0.15, 0.2) is 49.6 Å². The van der Waals surface area contributed by atoms with E-state index in [0.717, 1.165) is 38.2 Å². The van der Waals surface area contributed by atoms with Crippen LogP contribution >= 0.6 is 0 Å². The van der Waals surface area contributed by atoms with E-state index in [1.54, 1.807) is 20.8 Å². The molecule has 0 atom stereocenters. The summed E-state index contributed by atoms with van der Waals surface area (Å²) in [5, 5.41) is 0. The van der Waals surface area contributed by atoms with Gasteiger partial charge in [0.1, 0.15) is 0 Å². The van der Waals surface area contributed by atoms with Crippen LogP contribution in [0.4, 0.5) is 0 Å². The molecule has 0 aromatic carbocycles. The molecule has 0 aliphatic heterocycles. The van der Waals surface area contributed by atoms with Gasteiger partial charge in [-0.2, -0.15) is 0 Å². The Morgan fingerprint density at radius 1 is 0.600 bits per heavy atom. The SMILES string of the molecule is C=C(C)C(=O)OCC.C=C(C)C(=O)OCCC.C=CC(=O)OCCC.C=CC(=O)OCCCCC. The van der Waals surface area contributed by atoms with Crippen molar-refractivity contribution in [3.63, 3.8) is 0 Å². The standard InChI is InChI=1S/C8H14O2.C7H12O2.2C6H10O2/c1-3-5-6-7-10-8(9)4-2;1-4-5-9-7(8)6(2)3;1-4-8-6(7)5(2)3;1-3-5-8-6(7)4-2/h4H,2-3,5-7H2,1H3;2,4-5H2,1,3H3;2,4H2,1,3H3;4H,2-3,5H2,1H3. The monoisotopic (exact) mass is 498 g/mol. The first-order chi connectivity index (χ1) is 16.5. The van der Waals surface area contributed by atoms with Crippen molar-refractivity contribution in [2.24, 2.45) is 0 Å². The van der Waals surface area contributed by atoms with Crippen LogP contribution in [0.5, 0.6) is 0 Å². The number of rotatable bonds is 13. The van der Waals surface area contributed by atoms with Gasteiger partial charge in [0.25, 0.3) is 0 Å². The summed E-state index contributed by atoms with van der Waals surface area (Å²) < 4.78 is 18.6. The zero-order valence-corrected chi connectivity index (χ0v) is 22.6. The minimum absolute atomic E-state index is 0.295. The van der Waals surface area contributed by atoms with Crippen LogP contribution in [-0.2, 0) is 38.1 Å². The molecule has 202 valence electrons. The van der Waals surface area contributed by atoms with Crippen LogP contribution in [0.2, 0.25) is 0 Å². The third-order valence-electron chi connectivity index (χ3n) is 3.18. The summed E-state index contributed by atoms with van der Waals surface area (Å²) in [6.45, 7) is 26.3. The van der Waals surface area contributed by atoms with Crippen LogP contribution < -0.4 is 0 Å². The predicted molar refractivity (Wildman–Crippen MR) is 140 cm³/mol. The van der Waals surface area contributed by atoms with Gasteiger partial charge in [0, 0.05) is 23.3 Å². The van der Waals surface area contributed by atoms with Crippen LogP contribution in [0, 0.1) is 0 Å². The van der Waals surface area contributed by atoms with Gasteiger partial charge in [-0.3, -0.25) is 0 Å². The van der Waals surface area contributed by atoms with Gasteiger partial charge in [-0.1, -0.05) is 59.9 Å². The van der Waals surface area contributed by atoms with E-state index in [1.807, 2.05) is 13.8 Å². The summed E-state index contributed by atoms with van der Waals surface area (Å²) in [6, 6.07) is 0. The minimum Gasteiger partial charge on any atom is -0.463 e. The second-order valence-corrected chi connectivity index (χ2v) is 6.87. The lowest BCUT2D eigenvalue weighted by molar-refractivity contribution is -0.139. The van der Waals surface area contributed by atoms with Crippen LogP contribution in [0.25, 0.3) is 0 Å². The summed E-state index contributed by atoms with van der Waals surface area (Å²) in [5.41, 5.74) is 0.912. The second kappa shape index (κ2) is 30.8. The Balaban J connectivity index is -0.000000184. The number of ether oxygens (including phenoxy) is 4. The quantitative estimate of drug-likeness (QED) is 0.138. The van der Waals surface area contributed by atoms with Gasteiger partial charge in [0.05, 0.1) is 26.4 Å². The molecule has 0 aliphatic rings. The molecule has 0 aromatic heterocycles. The van der Waals surface area contributed by atoms with Crippen LogP contribution in [-0.4, -0.2) is 50.3 Å². The lowest BCUT2D eigenvalue weighted by atomic mass is 10.3. The highest BCUT2D eigenvalue weighted by atomic mass is 16.5. The van der Waals surface area contributed by atoms with Crippen molar-refractivity contribution in [1.82, 2.24) is 0 Å². The lowest BCUT2D eigenvalue weighted by Crippen LogP contribution is -2.04. The largest absolute Gasteiger partial charge is 0.463 e. The maximum absolute atomic E-state index is 10.6. The maximum Gasteiger partial charge on any atom is 0.333 e. The van der Waals surface area contributed by atoms with Gasteiger partial charge >= 0.3 is 23.9 Å². The van der Waals surface area contributed by atoms with Crippen molar-refractivity contribution in [3.8, 4) is 0 Å². The predicted octanol–water partition coefficient (Wildman–Crippen LogP) is 5.67. The van der Waals surface area contributed by atoms with Crippen molar-refractivity contribution in [2.45, 2.75) is 73.6 Å². The smallest absolute Gasteiger partial charge is 0.333 e. The molecule has 0 spiro atoms. The van der Waals surface area contributed by atoms with E-state index in [-0.39, 0.29) is 23.9 Å². The van der Waals surface area contributed by atoms with E-state index in [9.17, 15) is 19.2 Å². The van der Waals surface area contributed by atoms with E-state index in [4.69, 9.17) is 9.47 Å². The number of unbranched alkanes of at least 4 members (excludes halogenated alkanes) is 2. The third-order valence-corrected chi connectivity index (χ3v) is 3.18. The fourth-order valence-corrected chi connectivity index (χ4v) is 1.42. The van der Waals surface area contributed by atoms with Crippen molar-refractivity contribution in [3.05, 3.63) is 49.6 Å². The molecule has 0 heterocycles. The highest BCUT2D eigenvalue weighted by molar-refractivity contribution is 5.87. The van der Waals surface area contributed by atoms with Gasteiger partial charge < -0.3 is 18.9 Å². The molecule has 0 saturated heterocycles. The molecule has 0 saturated carbocycles. The molecule has 0 aromatic rings. The second-order valence-electron chi connectivity index (χ2n) is 6.87. The lowest BCUT2D eigenvalue weighted by Gasteiger charge is -1.99. The summed E-state index contributed by atoms with van der Waals surface area (Å²) in [5.74, 6) is -1.27. The molecule has 35 heavy (non-hydrogen) atoms. The van der Waals surface area contributed by atoms with Crippen LogP contribution in [0.1, 0.15) is 73.6 Å². The van der Waals surface area contributed by atoms with Crippen molar-refractivity contribution < 1.29 is 38.1 Å². The molecular weight excluding hydrogens is 452 g/mol. The number of carbonyl (C=O) groups excluding carboxylic acids is 4. The van der Waals surface area contributed by atoms with E-state index >= 15 is 0 Å². The fraction of sp³-hybridized carbons (Fsp3) is 0.556.